The molecule has 2 rings (SSSR count). The molecule has 1 aliphatic rings. The average molecular weight is 239 g/mol. The quantitative estimate of drug-likeness (QED) is 0.874. The standard InChI is InChI=1S/C12H21N3O2/c1-8(2)9(13)10-14-11(15-17-10)12(3)6-4-5-7-16-12/h8-9H,4-7,13H2,1-3H3/t9-,12?/m0/s1. The molecule has 17 heavy (non-hydrogen) atoms. The van der Waals surface area contributed by atoms with Gasteiger partial charge in [-0.3, -0.25) is 0 Å². The normalized spacial score (nSPS) is 27.4. The zero-order valence-electron chi connectivity index (χ0n) is 10.8. The number of aromatic nitrogens is 2. The van der Waals surface area contributed by atoms with Crippen LogP contribution in [-0.4, -0.2) is 16.7 Å². The predicted octanol–water partition coefficient (Wildman–Crippen LogP) is 2.14. The Morgan fingerprint density at radius 1 is 1.35 bits per heavy atom. The summed E-state index contributed by atoms with van der Waals surface area (Å²) < 4.78 is 11.0. The number of hydrogen-bond acceptors (Lipinski definition) is 5. The Hall–Kier alpha value is -0.940. The predicted molar refractivity (Wildman–Crippen MR) is 63.2 cm³/mol. The molecule has 0 aliphatic carbocycles. The van der Waals surface area contributed by atoms with Crippen molar-refractivity contribution in [3.8, 4) is 0 Å². The molecule has 5 nitrogen and oxygen atoms in total. The fourth-order valence-corrected chi connectivity index (χ4v) is 1.98. The Kier molecular flexibility index (Phi) is 3.49. The zero-order chi connectivity index (χ0) is 12.5. The Bertz CT molecular complexity index is 370. The first-order valence-electron chi connectivity index (χ1n) is 6.26. The third-order valence-corrected chi connectivity index (χ3v) is 3.39. The summed E-state index contributed by atoms with van der Waals surface area (Å²) in [5.74, 6) is 1.41. The molecule has 0 aromatic carbocycles. The average Bonchev–Trinajstić information content (AvgIpc) is 2.78. The second kappa shape index (κ2) is 4.74. The summed E-state index contributed by atoms with van der Waals surface area (Å²) in [5, 5.41) is 4.02. The zero-order valence-corrected chi connectivity index (χ0v) is 10.8. The van der Waals surface area contributed by atoms with Crippen LogP contribution in [0.3, 0.4) is 0 Å². The summed E-state index contributed by atoms with van der Waals surface area (Å²) in [5.41, 5.74) is 5.58. The molecular weight excluding hydrogens is 218 g/mol. The molecule has 5 heteroatoms. The van der Waals surface area contributed by atoms with Crippen LogP contribution in [-0.2, 0) is 10.3 Å². The van der Waals surface area contributed by atoms with Crippen molar-refractivity contribution in [1.29, 1.82) is 0 Å². The van der Waals surface area contributed by atoms with Gasteiger partial charge in [-0.2, -0.15) is 4.98 Å². The van der Waals surface area contributed by atoms with Crippen LogP contribution in [0.25, 0.3) is 0 Å². The van der Waals surface area contributed by atoms with Crippen LogP contribution >= 0.6 is 0 Å². The van der Waals surface area contributed by atoms with Gasteiger partial charge < -0.3 is 15.0 Å². The molecule has 96 valence electrons. The first kappa shape index (κ1) is 12.5. The third kappa shape index (κ3) is 2.50. The van der Waals surface area contributed by atoms with E-state index < -0.39 is 5.60 Å². The van der Waals surface area contributed by atoms with E-state index in [4.69, 9.17) is 15.0 Å². The van der Waals surface area contributed by atoms with Gasteiger partial charge in [0.1, 0.15) is 5.60 Å². The van der Waals surface area contributed by atoms with Gasteiger partial charge in [-0.15, -0.1) is 0 Å². The van der Waals surface area contributed by atoms with Crippen LogP contribution in [0.5, 0.6) is 0 Å². The van der Waals surface area contributed by atoms with Gasteiger partial charge in [-0.05, 0) is 32.1 Å². The molecular formula is C12H21N3O2. The molecule has 0 bridgehead atoms. The Morgan fingerprint density at radius 3 is 2.71 bits per heavy atom. The lowest BCUT2D eigenvalue weighted by Gasteiger charge is -2.30. The van der Waals surface area contributed by atoms with Crippen LogP contribution < -0.4 is 5.73 Å². The molecule has 1 aromatic heterocycles. The number of hydrogen-bond donors (Lipinski definition) is 1. The third-order valence-electron chi connectivity index (χ3n) is 3.39. The summed E-state index contributed by atoms with van der Waals surface area (Å²) in [6.45, 7) is 6.85. The van der Waals surface area contributed by atoms with E-state index in [1.54, 1.807) is 0 Å². The second-order valence-electron chi connectivity index (χ2n) is 5.26. The van der Waals surface area contributed by atoms with Gasteiger partial charge in [-0.1, -0.05) is 19.0 Å². The highest BCUT2D eigenvalue weighted by Crippen LogP contribution is 2.33. The first-order valence-corrected chi connectivity index (χ1v) is 6.26. The van der Waals surface area contributed by atoms with Crippen LogP contribution in [0.2, 0.25) is 0 Å². The molecule has 0 saturated carbocycles. The largest absolute Gasteiger partial charge is 0.367 e. The van der Waals surface area contributed by atoms with E-state index in [2.05, 4.69) is 10.1 Å². The van der Waals surface area contributed by atoms with Crippen LogP contribution in [0.1, 0.15) is 57.8 Å². The second-order valence-corrected chi connectivity index (χ2v) is 5.26. The van der Waals surface area contributed by atoms with E-state index in [1.807, 2.05) is 20.8 Å². The molecule has 0 radical (unpaired) electrons. The molecule has 1 unspecified atom stereocenters. The van der Waals surface area contributed by atoms with Crippen LogP contribution in [0.15, 0.2) is 4.52 Å². The lowest BCUT2D eigenvalue weighted by atomic mass is 9.95. The van der Waals surface area contributed by atoms with Crippen LogP contribution in [0.4, 0.5) is 0 Å². The molecule has 2 atom stereocenters. The number of rotatable bonds is 3. The molecule has 1 saturated heterocycles. The summed E-state index contributed by atoms with van der Waals surface area (Å²) in [4.78, 5) is 4.40. The van der Waals surface area contributed by atoms with E-state index in [9.17, 15) is 0 Å². The van der Waals surface area contributed by atoms with E-state index >= 15 is 0 Å². The van der Waals surface area contributed by atoms with E-state index in [0.717, 1.165) is 25.9 Å². The molecule has 0 amide bonds. The van der Waals surface area contributed by atoms with Crippen molar-refractivity contribution in [2.24, 2.45) is 11.7 Å². The fraction of sp³-hybridized carbons (Fsp3) is 0.833. The van der Waals surface area contributed by atoms with Crippen LogP contribution in [0, 0.1) is 5.92 Å². The first-order chi connectivity index (χ1) is 8.03. The minimum Gasteiger partial charge on any atom is -0.367 e. The van der Waals surface area contributed by atoms with Gasteiger partial charge in [0, 0.05) is 6.61 Å². The summed E-state index contributed by atoms with van der Waals surface area (Å²) in [7, 11) is 0. The highest BCUT2D eigenvalue weighted by atomic mass is 16.5. The Balaban J connectivity index is 2.17. The lowest BCUT2D eigenvalue weighted by molar-refractivity contribution is -0.0770. The Morgan fingerprint density at radius 2 is 2.12 bits per heavy atom. The van der Waals surface area contributed by atoms with Gasteiger partial charge >= 0.3 is 0 Å². The Labute approximate surface area is 102 Å². The summed E-state index contributed by atoms with van der Waals surface area (Å²) in [6.07, 6.45) is 3.17. The van der Waals surface area contributed by atoms with E-state index in [0.29, 0.717) is 11.7 Å². The van der Waals surface area contributed by atoms with Gasteiger partial charge in [0.05, 0.1) is 6.04 Å². The van der Waals surface area contributed by atoms with Crippen molar-refractivity contribution >= 4 is 0 Å². The van der Waals surface area contributed by atoms with Crippen molar-refractivity contribution in [3.05, 3.63) is 11.7 Å². The van der Waals surface area contributed by atoms with Gasteiger partial charge in [0.15, 0.2) is 0 Å². The van der Waals surface area contributed by atoms with Crippen molar-refractivity contribution in [2.45, 2.75) is 51.7 Å². The van der Waals surface area contributed by atoms with Gasteiger partial charge in [-0.25, -0.2) is 0 Å². The lowest BCUT2D eigenvalue weighted by Crippen LogP contribution is -2.31. The molecule has 0 spiro atoms. The van der Waals surface area contributed by atoms with Crippen molar-refractivity contribution in [1.82, 2.24) is 10.1 Å². The minimum absolute atomic E-state index is 0.205. The molecule has 2 N–H and O–H groups in total. The maximum Gasteiger partial charge on any atom is 0.243 e. The SMILES string of the molecule is CC(C)[C@H](N)c1nc(C2(C)CCCCO2)no1. The minimum atomic E-state index is -0.406. The monoisotopic (exact) mass is 239 g/mol. The van der Waals surface area contributed by atoms with E-state index in [1.165, 1.54) is 0 Å². The van der Waals surface area contributed by atoms with Gasteiger partial charge in [0.25, 0.3) is 0 Å². The maximum atomic E-state index is 5.99. The van der Waals surface area contributed by atoms with E-state index in [-0.39, 0.29) is 12.0 Å². The number of ether oxygens (including phenoxy) is 1. The highest BCUT2D eigenvalue weighted by molar-refractivity contribution is 5.02. The molecule has 1 fully saturated rings. The number of nitrogens with zero attached hydrogens (tertiary/aromatic N) is 2. The summed E-state index contributed by atoms with van der Waals surface area (Å²) in [6, 6.07) is -0.205. The topological polar surface area (TPSA) is 74.2 Å². The smallest absolute Gasteiger partial charge is 0.243 e. The molecule has 1 aromatic rings. The fourth-order valence-electron chi connectivity index (χ4n) is 1.98. The molecule has 2 heterocycles. The van der Waals surface area contributed by atoms with Crippen molar-refractivity contribution in [3.63, 3.8) is 0 Å². The van der Waals surface area contributed by atoms with Crippen molar-refractivity contribution in [2.75, 3.05) is 6.61 Å². The molecule has 1 aliphatic heterocycles. The maximum absolute atomic E-state index is 5.99. The summed E-state index contributed by atoms with van der Waals surface area (Å²) >= 11 is 0. The highest BCUT2D eigenvalue weighted by Gasteiger charge is 2.35. The number of nitrogens with two attached hydrogens (primary N) is 1. The van der Waals surface area contributed by atoms with Crippen molar-refractivity contribution < 1.29 is 9.26 Å². The van der Waals surface area contributed by atoms with Gasteiger partial charge in [0.2, 0.25) is 11.7 Å².